The minimum atomic E-state index is -3.87. The summed E-state index contributed by atoms with van der Waals surface area (Å²) in [7, 11) is -0.561. The molecule has 3 aliphatic heterocycles. The van der Waals surface area contributed by atoms with E-state index in [1.165, 1.54) is 4.31 Å². The average molecular weight is 864 g/mol. The van der Waals surface area contributed by atoms with Crippen molar-refractivity contribution in [1.82, 2.24) is 29.1 Å². The molecule has 0 unspecified atom stereocenters. The molecule has 2 fully saturated rings. The van der Waals surface area contributed by atoms with E-state index in [0.29, 0.717) is 75.8 Å². The van der Waals surface area contributed by atoms with Crippen LogP contribution in [-0.4, -0.2) is 122 Å². The number of carbonyl (C=O) groups excluding carboxylic acids is 1. The van der Waals surface area contributed by atoms with E-state index in [4.69, 9.17) is 38.9 Å². The zero-order valence-corrected chi connectivity index (χ0v) is 36.7. The third kappa shape index (κ3) is 9.54. The van der Waals surface area contributed by atoms with Gasteiger partial charge in [-0.3, -0.25) is 0 Å². The Hall–Kier alpha value is -6.04. The van der Waals surface area contributed by atoms with Crippen LogP contribution in [0, 0.1) is 0 Å². The Labute approximate surface area is 363 Å². The first-order valence-electron chi connectivity index (χ1n) is 20.8. The van der Waals surface area contributed by atoms with Gasteiger partial charge in [-0.25, -0.2) is 28.2 Å². The summed E-state index contributed by atoms with van der Waals surface area (Å²) in [6.45, 7) is 10.3. The minimum Gasteiger partial charge on any atom is -0.497 e. The molecule has 2 aromatic heterocycles. The van der Waals surface area contributed by atoms with Crippen LogP contribution in [0.5, 0.6) is 11.5 Å². The van der Waals surface area contributed by atoms with Crippen LogP contribution in [0.3, 0.4) is 0 Å². The highest BCUT2D eigenvalue weighted by molar-refractivity contribution is 7.89. The molecule has 3 aliphatic rings. The van der Waals surface area contributed by atoms with Crippen molar-refractivity contribution in [3.8, 4) is 22.8 Å². The monoisotopic (exact) mass is 863 g/mol. The quantitative estimate of drug-likeness (QED) is 0.146. The number of sulfonamides is 1. The lowest BCUT2D eigenvalue weighted by molar-refractivity contribution is 0.0192. The van der Waals surface area contributed by atoms with Crippen LogP contribution >= 0.6 is 0 Å². The molecule has 3 aromatic carbocycles. The minimum absolute atomic E-state index is 0.166. The van der Waals surface area contributed by atoms with E-state index in [0.717, 1.165) is 39.4 Å². The van der Waals surface area contributed by atoms with Gasteiger partial charge in [-0.2, -0.15) is 9.29 Å². The number of hydrogen-bond donors (Lipinski definition) is 0. The third-order valence-electron chi connectivity index (χ3n) is 11.0. The van der Waals surface area contributed by atoms with Crippen molar-refractivity contribution in [2.45, 2.75) is 50.8 Å². The number of piperazine rings is 1. The molecule has 2 saturated heterocycles. The summed E-state index contributed by atoms with van der Waals surface area (Å²) < 4.78 is 51.5. The summed E-state index contributed by atoms with van der Waals surface area (Å²) in [5.41, 5.74) is 4.63. The van der Waals surface area contributed by atoms with Gasteiger partial charge >= 0.3 is 6.09 Å². The topological polar surface area (TPSA) is 156 Å². The molecule has 17 heteroatoms. The summed E-state index contributed by atoms with van der Waals surface area (Å²) in [4.78, 5) is 40.8. The fourth-order valence-electron chi connectivity index (χ4n) is 7.74. The summed E-state index contributed by atoms with van der Waals surface area (Å²) in [5.74, 6) is 3.40. The number of ether oxygens (including phenoxy) is 4. The molecular formula is C45H53N9O7S. The largest absolute Gasteiger partial charge is 0.497 e. The molecule has 5 heterocycles. The Balaban J connectivity index is 1.08. The molecule has 0 atom stereocenters. The molecule has 0 spiro atoms. The van der Waals surface area contributed by atoms with Gasteiger partial charge in [-0.15, -0.1) is 0 Å². The van der Waals surface area contributed by atoms with Crippen molar-refractivity contribution in [3.63, 3.8) is 0 Å². The third-order valence-corrected chi connectivity index (χ3v) is 12.9. The van der Waals surface area contributed by atoms with E-state index < -0.39 is 21.7 Å². The average Bonchev–Trinajstić information content (AvgIpc) is 3.73. The van der Waals surface area contributed by atoms with Gasteiger partial charge < -0.3 is 38.5 Å². The van der Waals surface area contributed by atoms with E-state index in [1.54, 1.807) is 37.3 Å². The molecule has 0 N–H and O–H groups in total. The van der Waals surface area contributed by atoms with Gasteiger partial charge in [0.2, 0.25) is 21.9 Å². The van der Waals surface area contributed by atoms with Gasteiger partial charge in [0, 0.05) is 88.1 Å². The Morgan fingerprint density at radius 3 is 1.98 bits per heavy atom. The van der Waals surface area contributed by atoms with Crippen LogP contribution in [0.15, 0.2) is 90.1 Å². The highest BCUT2D eigenvalue weighted by Gasteiger charge is 2.34. The number of nitrogens with zero attached hydrogens (tertiary/aromatic N) is 9. The van der Waals surface area contributed by atoms with Gasteiger partial charge in [0.25, 0.3) is 0 Å². The first kappa shape index (κ1) is 42.6. The SMILES string of the molecule is COc1ccc(CN(Cc2ccc(OC)cc2)c2ncc(-c3nc(N4CCOCC4)nc4c3CCN4c3cccc(S(=O)(=O)N4CCN(C(=O)OC(C)(C)C)CC4)c3)cn2)cc1. The van der Waals surface area contributed by atoms with Crippen molar-refractivity contribution < 1.29 is 32.2 Å². The number of carbonyl (C=O) groups is 1. The van der Waals surface area contributed by atoms with Crippen LogP contribution in [0.1, 0.15) is 37.5 Å². The van der Waals surface area contributed by atoms with Crippen LogP contribution in [0.2, 0.25) is 0 Å². The first-order valence-corrected chi connectivity index (χ1v) is 22.2. The molecule has 0 bridgehead atoms. The number of anilines is 4. The number of benzene rings is 3. The highest BCUT2D eigenvalue weighted by atomic mass is 32.2. The predicted molar refractivity (Wildman–Crippen MR) is 236 cm³/mol. The maximum absolute atomic E-state index is 14.0. The van der Waals surface area contributed by atoms with Gasteiger partial charge in [0.15, 0.2) is 0 Å². The normalized spacial score (nSPS) is 15.9. The number of fused-ring (bicyclic) bond motifs is 1. The second-order valence-electron chi connectivity index (χ2n) is 16.4. The molecular weight excluding hydrogens is 811 g/mol. The second-order valence-corrected chi connectivity index (χ2v) is 18.3. The van der Waals surface area contributed by atoms with Gasteiger partial charge in [-0.05, 0) is 80.8 Å². The molecule has 1 amide bonds. The van der Waals surface area contributed by atoms with E-state index in [1.807, 2.05) is 87.8 Å². The fraction of sp³-hybridized carbons (Fsp3) is 0.400. The lowest BCUT2D eigenvalue weighted by Crippen LogP contribution is -2.51. The summed E-state index contributed by atoms with van der Waals surface area (Å²) in [6.07, 6.45) is 3.82. The summed E-state index contributed by atoms with van der Waals surface area (Å²) in [6, 6.07) is 22.9. The van der Waals surface area contributed by atoms with E-state index in [2.05, 4.69) is 14.7 Å². The predicted octanol–water partition coefficient (Wildman–Crippen LogP) is 5.93. The highest BCUT2D eigenvalue weighted by Crippen LogP contribution is 2.40. The Kier molecular flexibility index (Phi) is 12.5. The van der Waals surface area contributed by atoms with Gasteiger partial charge in [0.05, 0.1) is 38.0 Å². The van der Waals surface area contributed by atoms with Crippen molar-refractivity contribution in [1.29, 1.82) is 0 Å². The van der Waals surface area contributed by atoms with Crippen LogP contribution in [0.4, 0.5) is 28.2 Å². The smallest absolute Gasteiger partial charge is 0.410 e. The van der Waals surface area contributed by atoms with Gasteiger partial charge in [-0.1, -0.05) is 30.3 Å². The van der Waals surface area contributed by atoms with Crippen LogP contribution in [0.25, 0.3) is 11.3 Å². The van der Waals surface area contributed by atoms with E-state index in [9.17, 15) is 13.2 Å². The van der Waals surface area contributed by atoms with Crippen molar-refractivity contribution in [2.75, 3.05) is 87.9 Å². The standard InChI is InChI=1S/C45H53N9O7S/c1-45(2,3)61-44(55)51-19-21-53(22-20-51)62(56,57)38-8-6-7-35(27-38)54-18-17-39-40(48-43(49-41(39)54)50-23-25-60-26-24-50)34-28-46-42(47-29-34)52(30-32-9-13-36(58-4)14-10-32)31-33-11-15-37(59-5)16-12-33/h6-16,27-29H,17-26,30-31H2,1-5H3. The fourth-order valence-corrected chi connectivity index (χ4v) is 9.21. The van der Waals surface area contributed by atoms with Gasteiger partial charge in [0.1, 0.15) is 22.9 Å². The maximum Gasteiger partial charge on any atom is 0.410 e. The van der Waals surface area contributed by atoms with E-state index >= 15 is 0 Å². The number of rotatable bonds is 12. The molecule has 0 aliphatic carbocycles. The number of aromatic nitrogens is 4. The number of amides is 1. The van der Waals surface area contributed by atoms with E-state index in [-0.39, 0.29) is 31.1 Å². The number of hydrogen-bond acceptors (Lipinski definition) is 14. The summed E-state index contributed by atoms with van der Waals surface area (Å²) >= 11 is 0. The van der Waals surface area contributed by atoms with Crippen molar-refractivity contribution >= 4 is 39.5 Å². The van der Waals surface area contributed by atoms with Crippen LogP contribution < -0.4 is 24.2 Å². The Morgan fingerprint density at radius 1 is 0.790 bits per heavy atom. The first-order chi connectivity index (χ1) is 29.9. The lowest BCUT2D eigenvalue weighted by Gasteiger charge is -2.35. The summed E-state index contributed by atoms with van der Waals surface area (Å²) in [5, 5.41) is 0. The molecule has 0 radical (unpaired) electrons. The Bertz CT molecular complexity index is 2400. The van der Waals surface area contributed by atoms with Crippen LogP contribution in [-0.2, 0) is 39.0 Å². The zero-order valence-electron chi connectivity index (χ0n) is 35.9. The molecule has 0 saturated carbocycles. The number of methoxy groups -OCH3 is 2. The van der Waals surface area contributed by atoms with Crippen molar-refractivity contribution in [2.24, 2.45) is 0 Å². The maximum atomic E-state index is 14.0. The lowest BCUT2D eigenvalue weighted by atomic mass is 10.1. The molecule has 326 valence electrons. The molecule has 16 nitrogen and oxygen atoms in total. The molecule has 5 aromatic rings. The van der Waals surface area contributed by atoms with Crippen molar-refractivity contribution in [3.05, 3.63) is 102 Å². The Morgan fingerprint density at radius 2 is 1.40 bits per heavy atom. The zero-order chi connectivity index (χ0) is 43.4. The number of morpholine rings is 1. The second kappa shape index (κ2) is 18.1. The molecule has 8 rings (SSSR count). The molecule has 62 heavy (non-hydrogen) atoms.